The van der Waals surface area contributed by atoms with Crippen LogP contribution in [0.4, 0.5) is 0 Å². The van der Waals surface area contributed by atoms with Gasteiger partial charge in [0.1, 0.15) is 0 Å². The second-order valence-corrected chi connectivity index (χ2v) is 5.32. The van der Waals surface area contributed by atoms with E-state index in [4.69, 9.17) is 0 Å². The van der Waals surface area contributed by atoms with Crippen molar-refractivity contribution in [2.24, 2.45) is 0 Å². The second-order valence-electron chi connectivity index (χ2n) is 5.32. The predicted molar refractivity (Wildman–Crippen MR) is 71.3 cm³/mol. The summed E-state index contributed by atoms with van der Waals surface area (Å²) in [4.78, 5) is 0. The molecule has 0 spiro atoms. The highest BCUT2D eigenvalue weighted by Crippen LogP contribution is 2.45. The van der Waals surface area contributed by atoms with E-state index in [9.17, 15) is 5.11 Å². The predicted octanol–water partition coefficient (Wildman–Crippen LogP) is 3.56. The molecular weight excluding hydrogens is 208 g/mol. The fourth-order valence-electron chi connectivity index (χ4n) is 2.98. The van der Waals surface area contributed by atoms with Gasteiger partial charge < -0.3 is 5.11 Å². The van der Waals surface area contributed by atoms with Crippen LogP contribution in [-0.4, -0.2) is 11.7 Å². The Morgan fingerprint density at radius 1 is 1.18 bits per heavy atom. The summed E-state index contributed by atoms with van der Waals surface area (Å²) in [5.74, 6) is 0. The van der Waals surface area contributed by atoms with Gasteiger partial charge in [-0.25, -0.2) is 0 Å². The third-order valence-corrected chi connectivity index (χ3v) is 4.22. The molecule has 1 aliphatic rings. The van der Waals surface area contributed by atoms with Crippen molar-refractivity contribution < 1.29 is 5.11 Å². The minimum atomic E-state index is 0.0365. The van der Waals surface area contributed by atoms with Gasteiger partial charge in [-0.2, -0.15) is 0 Å². The summed E-state index contributed by atoms with van der Waals surface area (Å²) in [5, 5.41) is 12.3. The number of benzene rings is 2. The van der Waals surface area contributed by atoms with E-state index in [1.54, 1.807) is 0 Å². The van der Waals surface area contributed by atoms with Crippen molar-refractivity contribution in [3.8, 4) is 0 Å². The molecule has 17 heavy (non-hydrogen) atoms. The van der Waals surface area contributed by atoms with Crippen LogP contribution in [0.3, 0.4) is 0 Å². The molecule has 1 saturated carbocycles. The van der Waals surface area contributed by atoms with Crippen LogP contribution in [0.5, 0.6) is 0 Å². The van der Waals surface area contributed by atoms with Crippen LogP contribution >= 0.6 is 0 Å². The van der Waals surface area contributed by atoms with E-state index in [0.29, 0.717) is 0 Å². The van der Waals surface area contributed by atoms with Crippen molar-refractivity contribution in [2.45, 2.75) is 31.6 Å². The van der Waals surface area contributed by atoms with Crippen LogP contribution in [0.2, 0.25) is 0 Å². The summed E-state index contributed by atoms with van der Waals surface area (Å²) < 4.78 is 0. The van der Waals surface area contributed by atoms with E-state index in [1.807, 2.05) is 0 Å². The zero-order valence-corrected chi connectivity index (χ0v) is 10.2. The van der Waals surface area contributed by atoms with Gasteiger partial charge in [0, 0.05) is 5.41 Å². The molecule has 0 unspecified atom stereocenters. The SMILES string of the molecule is Cc1ccc2c(C3(CO)CCC3)cccc2c1. The number of aryl methyl sites for hydroxylation is 1. The Bertz CT molecular complexity index is 547. The van der Waals surface area contributed by atoms with Gasteiger partial charge in [0.2, 0.25) is 0 Å². The summed E-state index contributed by atoms with van der Waals surface area (Å²) >= 11 is 0. The van der Waals surface area contributed by atoms with Gasteiger partial charge in [0.05, 0.1) is 6.61 Å². The highest BCUT2D eigenvalue weighted by molar-refractivity contribution is 5.87. The quantitative estimate of drug-likeness (QED) is 0.830. The maximum Gasteiger partial charge on any atom is 0.0528 e. The molecular formula is C16H18O. The van der Waals surface area contributed by atoms with Gasteiger partial charge in [-0.3, -0.25) is 0 Å². The molecule has 0 atom stereocenters. The molecule has 0 radical (unpaired) electrons. The first-order valence-corrected chi connectivity index (χ1v) is 6.36. The lowest BCUT2D eigenvalue weighted by Crippen LogP contribution is -2.38. The third kappa shape index (κ3) is 1.57. The number of hydrogen-bond acceptors (Lipinski definition) is 1. The Hall–Kier alpha value is -1.34. The van der Waals surface area contributed by atoms with Gasteiger partial charge in [0.25, 0.3) is 0 Å². The normalized spacial score (nSPS) is 18.0. The number of fused-ring (bicyclic) bond motifs is 1. The lowest BCUT2D eigenvalue weighted by molar-refractivity contribution is 0.121. The average Bonchev–Trinajstić information content (AvgIpc) is 2.28. The largest absolute Gasteiger partial charge is 0.395 e. The van der Waals surface area contributed by atoms with Gasteiger partial charge >= 0.3 is 0 Å². The van der Waals surface area contributed by atoms with Gasteiger partial charge in [-0.15, -0.1) is 0 Å². The van der Waals surface area contributed by atoms with E-state index in [2.05, 4.69) is 43.3 Å². The van der Waals surface area contributed by atoms with Crippen LogP contribution in [0.15, 0.2) is 36.4 Å². The molecule has 88 valence electrons. The van der Waals surface area contributed by atoms with Crippen LogP contribution < -0.4 is 0 Å². The Morgan fingerprint density at radius 3 is 2.65 bits per heavy atom. The molecule has 3 rings (SSSR count). The number of rotatable bonds is 2. The minimum absolute atomic E-state index is 0.0365. The highest BCUT2D eigenvalue weighted by atomic mass is 16.3. The molecule has 1 N–H and O–H groups in total. The van der Waals surface area contributed by atoms with Gasteiger partial charge in [-0.05, 0) is 36.1 Å². The van der Waals surface area contributed by atoms with E-state index in [0.717, 1.165) is 12.8 Å². The lowest BCUT2D eigenvalue weighted by atomic mass is 9.64. The topological polar surface area (TPSA) is 20.2 Å². The molecule has 1 heteroatoms. The maximum atomic E-state index is 9.70. The zero-order valence-electron chi connectivity index (χ0n) is 10.2. The molecule has 1 fully saturated rings. The fraction of sp³-hybridized carbons (Fsp3) is 0.375. The second kappa shape index (κ2) is 3.85. The van der Waals surface area contributed by atoms with E-state index >= 15 is 0 Å². The van der Waals surface area contributed by atoms with Gasteiger partial charge in [0.15, 0.2) is 0 Å². The smallest absolute Gasteiger partial charge is 0.0528 e. The molecule has 0 aromatic heterocycles. The molecule has 1 aliphatic carbocycles. The first kappa shape index (κ1) is 10.8. The third-order valence-electron chi connectivity index (χ3n) is 4.22. The van der Waals surface area contributed by atoms with Crippen LogP contribution in [0.1, 0.15) is 30.4 Å². The molecule has 2 aromatic rings. The molecule has 1 nitrogen and oxygen atoms in total. The first-order chi connectivity index (χ1) is 8.25. The molecule has 0 aliphatic heterocycles. The summed E-state index contributed by atoms with van der Waals surface area (Å²) in [5.41, 5.74) is 2.67. The summed E-state index contributed by atoms with van der Waals surface area (Å²) in [6, 6.07) is 13.1. The molecule has 0 amide bonds. The average molecular weight is 226 g/mol. The molecule has 0 saturated heterocycles. The van der Waals surface area contributed by atoms with Crippen molar-refractivity contribution in [3.63, 3.8) is 0 Å². The van der Waals surface area contributed by atoms with E-state index < -0.39 is 0 Å². The molecule has 0 bridgehead atoms. The van der Waals surface area contributed by atoms with Crippen LogP contribution in [0, 0.1) is 6.92 Å². The highest BCUT2D eigenvalue weighted by Gasteiger charge is 2.38. The van der Waals surface area contributed by atoms with Crippen molar-refractivity contribution >= 4 is 10.8 Å². The zero-order chi connectivity index (χ0) is 11.9. The summed E-state index contributed by atoms with van der Waals surface area (Å²) in [6.45, 7) is 2.40. The van der Waals surface area contributed by atoms with Gasteiger partial charge in [-0.1, -0.05) is 48.4 Å². The number of hydrogen-bond donors (Lipinski definition) is 1. The monoisotopic (exact) mass is 226 g/mol. The Balaban J connectivity index is 2.23. The fourth-order valence-corrected chi connectivity index (χ4v) is 2.98. The first-order valence-electron chi connectivity index (χ1n) is 6.36. The maximum absolute atomic E-state index is 9.70. The molecule has 0 heterocycles. The van der Waals surface area contributed by atoms with Crippen molar-refractivity contribution in [1.82, 2.24) is 0 Å². The molecule has 2 aromatic carbocycles. The Labute approximate surface area is 102 Å². The van der Waals surface area contributed by atoms with E-state index in [-0.39, 0.29) is 12.0 Å². The van der Waals surface area contributed by atoms with Crippen molar-refractivity contribution in [2.75, 3.05) is 6.61 Å². The summed E-state index contributed by atoms with van der Waals surface area (Å²) in [7, 11) is 0. The van der Waals surface area contributed by atoms with Crippen LogP contribution in [0.25, 0.3) is 10.8 Å². The standard InChI is InChI=1S/C16H18O/c1-12-6-7-14-13(10-12)4-2-5-15(14)16(11-17)8-3-9-16/h2,4-7,10,17H,3,8-9,11H2,1H3. The number of aliphatic hydroxyl groups is 1. The number of aliphatic hydroxyl groups excluding tert-OH is 1. The minimum Gasteiger partial charge on any atom is -0.395 e. The summed E-state index contributed by atoms with van der Waals surface area (Å²) in [6.07, 6.45) is 3.48. The Kier molecular flexibility index (Phi) is 2.44. The lowest BCUT2D eigenvalue weighted by Gasteiger charge is -2.41. The Morgan fingerprint density at radius 2 is 2.00 bits per heavy atom. The van der Waals surface area contributed by atoms with Crippen molar-refractivity contribution in [3.05, 3.63) is 47.5 Å². The van der Waals surface area contributed by atoms with Crippen molar-refractivity contribution in [1.29, 1.82) is 0 Å². The van der Waals surface area contributed by atoms with E-state index in [1.165, 1.54) is 28.3 Å². The van der Waals surface area contributed by atoms with Crippen LogP contribution in [-0.2, 0) is 5.41 Å².